The van der Waals surface area contributed by atoms with Crippen LogP contribution in [0.2, 0.25) is 0 Å². The molecule has 2 N–H and O–H groups in total. The topological polar surface area (TPSA) is 92.3 Å². The van der Waals surface area contributed by atoms with Gasteiger partial charge in [0.05, 0.1) is 34.5 Å². The van der Waals surface area contributed by atoms with E-state index in [1.807, 2.05) is 18.3 Å². The van der Waals surface area contributed by atoms with Crippen LogP contribution in [0.5, 0.6) is 5.88 Å². The number of piperidine rings is 1. The zero-order valence-electron chi connectivity index (χ0n) is 18.5. The number of nitrogens with one attached hydrogen (secondary N) is 2. The van der Waals surface area contributed by atoms with Crippen molar-refractivity contribution in [1.29, 1.82) is 0 Å². The van der Waals surface area contributed by atoms with Crippen LogP contribution in [0.1, 0.15) is 11.3 Å². The molecular weight excluding hydrogens is 436 g/mol. The average molecular weight is 463 g/mol. The van der Waals surface area contributed by atoms with E-state index in [2.05, 4.69) is 48.7 Å². The summed E-state index contributed by atoms with van der Waals surface area (Å²) < 4.78 is 5.29. The number of fused-ring (bicyclic) bond motifs is 3. The fourth-order valence-electron chi connectivity index (χ4n) is 5.08. The van der Waals surface area contributed by atoms with Crippen LogP contribution in [0.3, 0.4) is 0 Å². The molecule has 3 aromatic heterocycles. The van der Waals surface area contributed by atoms with Crippen LogP contribution in [0.15, 0.2) is 41.4 Å². The predicted octanol–water partition coefficient (Wildman–Crippen LogP) is 2.34. The van der Waals surface area contributed by atoms with Gasteiger partial charge in [-0.05, 0) is 48.1 Å². The van der Waals surface area contributed by atoms with E-state index in [-0.39, 0.29) is 5.91 Å². The van der Waals surface area contributed by atoms with Gasteiger partial charge in [-0.2, -0.15) is 0 Å². The summed E-state index contributed by atoms with van der Waals surface area (Å²) in [6.07, 6.45) is 2.82. The summed E-state index contributed by atoms with van der Waals surface area (Å²) in [5.74, 6) is 3.25. The third-order valence-corrected chi connectivity index (χ3v) is 7.92. The van der Waals surface area contributed by atoms with E-state index in [1.54, 1.807) is 18.9 Å². The molecular formula is C24H26N6O2S. The second kappa shape index (κ2) is 8.55. The molecule has 0 aromatic carbocycles. The lowest BCUT2D eigenvalue weighted by Crippen LogP contribution is -2.32. The quantitative estimate of drug-likeness (QED) is 0.553. The van der Waals surface area contributed by atoms with Crippen molar-refractivity contribution >= 4 is 34.5 Å². The fourth-order valence-corrected chi connectivity index (χ4v) is 5.84. The minimum Gasteiger partial charge on any atom is -0.481 e. The zero-order valence-corrected chi connectivity index (χ0v) is 19.3. The molecule has 9 heteroatoms. The average Bonchev–Trinajstić information content (AvgIpc) is 3.30. The number of carbonyl (C=O) groups excluding carboxylic acids is 1. The molecule has 3 atom stereocenters. The van der Waals surface area contributed by atoms with E-state index in [4.69, 9.17) is 4.74 Å². The van der Waals surface area contributed by atoms with E-state index in [0.717, 1.165) is 54.2 Å². The molecule has 1 amide bonds. The van der Waals surface area contributed by atoms with Crippen LogP contribution in [-0.4, -0.2) is 64.3 Å². The van der Waals surface area contributed by atoms with E-state index >= 15 is 0 Å². The Morgan fingerprint density at radius 2 is 2.06 bits per heavy atom. The molecule has 1 saturated heterocycles. The maximum atomic E-state index is 11.6. The van der Waals surface area contributed by atoms with Crippen LogP contribution in [0, 0.1) is 11.8 Å². The van der Waals surface area contributed by atoms with E-state index < -0.39 is 0 Å². The first kappa shape index (κ1) is 20.8. The molecule has 3 aliphatic rings. The van der Waals surface area contributed by atoms with Crippen molar-refractivity contribution in [3.8, 4) is 5.88 Å². The number of anilines is 1. The van der Waals surface area contributed by atoms with Crippen LogP contribution in [-0.2, 0) is 17.8 Å². The highest BCUT2D eigenvalue weighted by Gasteiger charge is 2.55. The standard InChI is InChI=1S/C24H26N6O2S/c1-32-21-5-3-18-22(29-21)14(6-8-25-18)7-9-30-11-16-17(12-30)23(16)26-10-15-2-4-19-24(27-15)28-20(31)13-33-19/h2-6,8,16-17,23,26H,7,9-13H2,1H3,(H,27,28,31)/t16-,17+,23+. The first-order valence-electron chi connectivity index (χ1n) is 11.3. The number of hydrogen-bond acceptors (Lipinski definition) is 8. The van der Waals surface area contributed by atoms with Gasteiger partial charge in [0.15, 0.2) is 0 Å². The van der Waals surface area contributed by atoms with Crippen molar-refractivity contribution in [3.63, 3.8) is 0 Å². The minimum atomic E-state index is 0.0246. The van der Waals surface area contributed by atoms with Crippen LogP contribution < -0.4 is 15.4 Å². The highest BCUT2D eigenvalue weighted by atomic mass is 32.2. The summed E-state index contributed by atoms with van der Waals surface area (Å²) >= 11 is 1.55. The number of nitrogens with zero attached hydrogens (tertiary/aromatic N) is 4. The summed E-state index contributed by atoms with van der Waals surface area (Å²) in [6.45, 7) is 4.03. The van der Waals surface area contributed by atoms with Crippen LogP contribution >= 0.6 is 11.8 Å². The van der Waals surface area contributed by atoms with Gasteiger partial charge in [-0.25, -0.2) is 9.97 Å². The largest absolute Gasteiger partial charge is 0.481 e. The summed E-state index contributed by atoms with van der Waals surface area (Å²) in [7, 11) is 1.64. The molecule has 0 unspecified atom stereocenters. The Kier molecular flexibility index (Phi) is 5.40. The Balaban J connectivity index is 1.01. The maximum Gasteiger partial charge on any atom is 0.235 e. The van der Waals surface area contributed by atoms with E-state index in [0.29, 0.717) is 35.3 Å². The SMILES string of the molecule is COc1ccc2nccc(CCN3C[C@@H]4[C@H](C3)[C@H]4NCc3ccc4c(n3)NC(=O)CS4)c2n1. The Hall–Kier alpha value is -2.75. The number of amides is 1. The maximum absolute atomic E-state index is 11.6. The molecule has 5 heterocycles. The van der Waals surface area contributed by atoms with Crippen molar-refractivity contribution in [2.24, 2.45) is 11.8 Å². The first-order chi connectivity index (χ1) is 16.2. The summed E-state index contributed by atoms with van der Waals surface area (Å²) in [4.78, 5) is 28.9. The highest BCUT2D eigenvalue weighted by molar-refractivity contribution is 8.00. The van der Waals surface area contributed by atoms with Crippen LogP contribution in [0.4, 0.5) is 5.82 Å². The van der Waals surface area contributed by atoms with Crippen molar-refractivity contribution < 1.29 is 9.53 Å². The van der Waals surface area contributed by atoms with Crippen molar-refractivity contribution in [2.45, 2.75) is 23.9 Å². The Bertz CT molecular complexity index is 1210. The van der Waals surface area contributed by atoms with Gasteiger partial charge in [0.2, 0.25) is 11.8 Å². The molecule has 2 aliphatic heterocycles. The van der Waals surface area contributed by atoms with Crippen LogP contribution in [0.25, 0.3) is 11.0 Å². The zero-order chi connectivity index (χ0) is 22.4. The molecule has 3 aromatic rings. The number of hydrogen-bond donors (Lipinski definition) is 2. The van der Waals surface area contributed by atoms with Gasteiger partial charge < -0.3 is 20.3 Å². The number of rotatable bonds is 7. The summed E-state index contributed by atoms with van der Waals surface area (Å²) in [5.41, 5.74) is 4.05. The van der Waals surface area contributed by atoms with E-state index in [9.17, 15) is 4.79 Å². The number of likely N-dealkylation sites (tertiary alicyclic amines) is 1. The number of ether oxygens (including phenoxy) is 1. The lowest BCUT2D eigenvalue weighted by atomic mass is 10.1. The Morgan fingerprint density at radius 1 is 1.18 bits per heavy atom. The van der Waals surface area contributed by atoms with Gasteiger partial charge in [0.25, 0.3) is 0 Å². The number of methoxy groups -OCH3 is 1. The molecule has 1 aliphatic carbocycles. The van der Waals surface area contributed by atoms with Crippen molar-refractivity contribution in [2.75, 3.05) is 37.8 Å². The van der Waals surface area contributed by atoms with Gasteiger partial charge in [0.1, 0.15) is 5.82 Å². The van der Waals surface area contributed by atoms with Gasteiger partial charge >= 0.3 is 0 Å². The molecule has 6 rings (SSSR count). The Morgan fingerprint density at radius 3 is 2.91 bits per heavy atom. The smallest absolute Gasteiger partial charge is 0.235 e. The molecule has 1 saturated carbocycles. The molecule has 170 valence electrons. The second-order valence-electron chi connectivity index (χ2n) is 8.92. The molecule has 2 fully saturated rings. The number of aromatic nitrogens is 3. The van der Waals surface area contributed by atoms with Gasteiger partial charge in [-0.3, -0.25) is 9.78 Å². The number of thioether (sulfide) groups is 1. The Labute approximate surface area is 196 Å². The lowest BCUT2D eigenvalue weighted by Gasteiger charge is -2.20. The number of carbonyl (C=O) groups is 1. The fraction of sp³-hybridized carbons (Fsp3) is 0.417. The molecule has 0 spiro atoms. The molecule has 33 heavy (non-hydrogen) atoms. The van der Waals surface area contributed by atoms with Gasteiger partial charge in [-0.1, -0.05) is 0 Å². The van der Waals surface area contributed by atoms with Crippen molar-refractivity contribution in [1.82, 2.24) is 25.2 Å². The van der Waals surface area contributed by atoms with Crippen molar-refractivity contribution in [3.05, 3.63) is 47.8 Å². The molecule has 8 nitrogen and oxygen atoms in total. The predicted molar refractivity (Wildman–Crippen MR) is 127 cm³/mol. The highest BCUT2D eigenvalue weighted by Crippen LogP contribution is 2.45. The van der Waals surface area contributed by atoms with E-state index in [1.165, 1.54) is 5.56 Å². The lowest BCUT2D eigenvalue weighted by molar-refractivity contribution is -0.113. The van der Waals surface area contributed by atoms with Gasteiger partial charge in [0, 0.05) is 44.5 Å². The summed E-state index contributed by atoms with van der Waals surface area (Å²) in [5, 5.41) is 6.56. The van der Waals surface area contributed by atoms with Gasteiger partial charge in [-0.15, -0.1) is 11.8 Å². The third-order valence-electron chi connectivity index (χ3n) is 6.87. The minimum absolute atomic E-state index is 0.0246. The molecule has 0 bridgehead atoms. The third kappa shape index (κ3) is 4.16. The normalized spacial score (nSPS) is 23.8. The summed E-state index contributed by atoms with van der Waals surface area (Å²) in [6, 6.07) is 10.6. The monoisotopic (exact) mass is 462 g/mol. The second-order valence-corrected chi connectivity index (χ2v) is 9.94. The number of pyridine rings is 3. The molecule has 0 radical (unpaired) electrons. The first-order valence-corrected chi connectivity index (χ1v) is 12.3.